The van der Waals surface area contributed by atoms with E-state index >= 15 is 0 Å². The number of hydrogen-bond acceptors (Lipinski definition) is 3. The zero-order chi connectivity index (χ0) is 11.5. The molecule has 2 saturated heterocycles. The highest BCUT2D eigenvalue weighted by Crippen LogP contribution is 2.24. The molecule has 2 fully saturated rings. The van der Waals surface area contributed by atoms with Gasteiger partial charge in [-0.05, 0) is 40.2 Å². The van der Waals surface area contributed by atoms with Crippen molar-refractivity contribution in [2.24, 2.45) is 0 Å². The summed E-state index contributed by atoms with van der Waals surface area (Å²) >= 11 is 0. The minimum atomic E-state index is 0.291. The summed E-state index contributed by atoms with van der Waals surface area (Å²) in [4.78, 5) is 2.65. The quantitative estimate of drug-likeness (QED) is 0.796. The van der Waals surface area contributed by atoms with Gasteiger partial charge in [-0.25, -0.2) is 0 Å². The zero-order valence-electron chi connectivity index (χ0n) is 10.9. The first-order valence-corrected chi connectivity index (χ1v) is 6.80. The molecule has 1 N–H and O–H groups in total. The van der Waals surface area contributed by atoms with Gasteiger partial charge < -0.3 is 4.74 Å². The normalized spacial score (nSPS) is 37.1. The maximum Gasteiger partial charge on any atom is 0.109 e. The zero-order valence-corrected chi connectivity index (χ0v) is 10.9. The number of likely N-dealkylation sites (tertiary alicyclic amines) is 1. The molecule has 2 aliphatic heterocycles. The molecule has 94 valence electrons. The molecule has 2 rings (SSSR count). The lowest BCUT2D eigenvalue weighted by molar-refractivity contribution is 0.0351. The third-order valence-corrected chi connectivity index (χ3v) is 3.84. The summed E-state index contributed by atoms with van der Waals surface area (Å²) in [5.41, 5.74) is 0. The first-order valence-electron chi connectivity index (χ1n) is 6.80. The smallest absolute Gasteiger partial charge is 0.109 e. The van der Waals surface area contributed by atoms with Crippen LogP contribution in [0.2, 0.25) is 0 Å². The van der Waals surface area contributed by atoms with Gasteiger partial charge in [0.15, 0.2) is 0 Å². The molecule has 3 nitrogen and oxygen atoms in total. The molecule has 0 bridgehead atoms. The van der Waals surface area contributed by atoms with E-state index in [4.69, 9.17) is 4.74 Å². The van der Waals surface area contributed by atoms with E-state index in [0.29, 0.717) is 18.3 Å². The predicted molar refractivity (Wildman–Crippen MR) is 66.4 cm³/mol. The van der Waals surface area contributed by atoms with E-state index in [9.17, 15) is 0 Å². The molecule has 0 amide bonds. The maximum atomic E-state index is 5.76. The van der Waals surface area contributed by atoms with E-state index in [1.165, 1.54) is 25.8 Å². The van der Waals surface area contributed by atoms with Crippen LogP contribution in [0.4, 0.5) is 0 Å². The highest BCUT2D eigenvalue weighted by Gasteiger charge is 2.30. The van der Waals surface area contributed by atoms with Crippen LogP contribution in [0.5, 0.6) is 0 Å². The standard InChI is InChI=1S/C13H26N2O/c1-10(2)15-7-5-4-6-12(15)8-13-14-11(3)9-16-13/h10-14H,4-9H2,1-3H3. The second-order valence-corrected chi connectivity index (χ2v) is 5.61. The van der Waals surface area contributed by atoms with E-state index < -0.39 is 0 Å². The summed E-state index contributed by atoms with van der Waals surface area (Å²) in [7, 11) is 0. The number of ether oxygens (including phenoxy) is 1. The van der Waals surface area contributed by atoms with Crippen LogP contribution in [0, 0.1) is 0 Å². The summed E-state index contributed by atoms with van der Waals surface area (Å²) in [6, 6.07) is 1.92. The molecule has 0 saturated carbocycles. The molecular weight excluding hydrogens is 200 g/mol. The lowest BCUT2D eigenvalue weighted by Crippen LogP contribution is -2.46. The summed E-state index contributed by atoms with van der Waals surface area (Å²) in [6.07, 6.45) is 5.54. The minimum absolute atomic E-state index is 0.291. The molecule has 16 heavy (non-hydrogen) atoms. The van der Waals surface area contributed by atoms with Crippen molar-refractivity contribution in [2.45, 2.75) is 70.8 Å². The third kappa shape index (κ3) is 2.96. The van der Waals surface area contributed by atoms with Gasteiger partial charge in [0.2, 0.25) is 0 Å². The van der Waals surface area contributed by atoms with Crippen molar-refractivity contribution < 1.29 is 4.74 Å². The van der Waals surface area contributed by atoms with Gasteiger partial charge in [-0.3, -0.25) is 10.2 Å². The molecule has 2 heterocycles. The van der Waals surface area contributed by atoms with Crippen LogP contribution >= 0.6 is 0 Å². The molecule has 0 aliphatic carbocycles. The molecule has 0 aromatic carbocycles. The van der Waals surface area contributed by atoms with Crippen LogP contribution in [0.15, 0.2) is 0 Å². The fourth-order valence-corrected chi connectivity index (χ4v) is 3.01. The van der Waals surface area contributed by atoms with Crippen molar-refractivity contribution in [3.05, 3.63) is 0 Å². The average molecular weight is 226 g/mol. The Balaban J connectivity index is 1.86. The number of rotatable bonds is 3. The van der Waals surface area contributed by atoms with E-state index in [1.807, 2.05) is 0 Å². The van der Waals surface area contributed by atoms with Crippen molar-refractivity contribution >= 4 is 0 Å². The van der Waals surface area contributed by atoms with E-state index in [1.54, 1.807) is 0 Å². The Kier molecular flexibility index (Phi) is 4.22. The van der Waals surface area contributed by atoms with Crippen molar-refractivity contribution in [1.82, 2.24) is 10.2 Å². The Morgan fingerprint density at radius 2 is 2.19 bits per heavy atom. The Morgan fingerprint density at radius 3 is 2.81 bits per heavy atom. The van der Waals surface area contributed by atoms with Gasteiger partial charge in [-0.2, -0.15) is 0 Å². The van der Waals surface area contributed by atoms with Gasteiger partial charge in [-0.1, -0.05) is 6.42 Å². The van der Waals surface area contributed by atoms with Crippen molar-refractivity contribution in [1.29, 1.82) is 0 Å². The molecular formula is C13H26N2O. The van der Waals surface area contributed by atoms with Crippen LogP contribution < -0.4 is 5.32 Å². The second kappa shape index (κ2) is 5.48. The lowest BCUT2D eigenvalue weighted by Gasteiger charge is -2.39. The Labute approximate surface area is 99.5 Å². The number of piperidine rings is 1. The first kappa shape index (κ1) is 12.3. The Morgan fingerprint density at radius 1 is 1.38 bits per heavy atom. The van der Waals surface area contributed by atoms with Gasteiger partial charge in [0, 0.05) is 24.5 Å². The molecule has 2 aliphatic rings. The molecule has 0 aromatic heterocycles. The van der Waals surface area contributed by atoms with Crippen molar-refractivity contribution in [2.75, 3.05) is 13.2 Å². The minimum Gasteiger partial charge on any atom is -0.362 e. The molecule has 0 radical (unpaired) electrons. The third-order valence-electron chi connectivity index (χ3n) is 3.84. The Hall–Kier alpha value is -0.120. The highest BCUT2D eigenvalue weighted by molar-refractivity contribution is 4.83. The second-order valence-electron chi connectivity index (χ2n) is 5.61. The van der Waals surface area contributed by atoms with Crippen molar-refractivity contribution in [3.8, 4) is 0 Å². The predicted octanol–water partition coefficient (Wildman–Crippen LogP) is 1.97. The fourth-order valence-electron chi connectivity index (χ4n) is 3.01. The van der Waals surface area contributed by atoms with Crippen LogP contribution in [0.1, 0.15) is 46.5 Å². The van der Waals surface area contributed by atoms with Gasteiger partial charge in [0.05, 0.1) is 6.61 Å². The van der Waals surface area contributed by atoms with Crippen LogP contribution in [-0.4, -0.2) is 42.4 Å². The molecule has 0 spiro atoms. The lowest BCUT2D eigenvalue weighted by atomic mass is 9.97. The van der Waals surface area contributed by atoms with E-state index in [-0.39, 0.29) is 0 Å². The monoisotopic (exact) mass is 226 g/mol. The number of nitrogens with zero attached hydrogens (tertiary/aromatic N) is 1. The van der Waals surface area contributed by atoms with Gasteiger partial charge >= 0.3 is 0 Å². The molecule has 3 unspecified atom stereocenters. The summed E-state index contributed by atoms with van der Waals surface area (Å²) in [5, 5.41) is 3.51. The molecule has 0 aromatic rings. The SMILES string of the molecule is CC1COC(CC2CCCCN2C(C)C)N1. The first-order chi connectivity index (χ1) is 7.66. The highest BCUT2D eigenvalue weighted by atomic mass is 16.5. The Bertz CT molecular complexity index is 220. The number of nitrogens with one attached hydrogen (secondary N) is 1. The van der Waals surface area contributed by atoms with Gasteiger partial charge in [0.1, 0.15) is 6.23 Å². The largest absolute Gasteiger partial charge is 0.362 e. The van der Waals surface area contributed by atoms with Crippen LogP contribution in [0.3, 0.4) is 0 Å². The van der Waals surface area contributed by atoms with Crippen LogP contribution in [-0.2, 0) is 4.74 Å². The summed E-state index contributed by atoms with van der Waals surface area (Å²) in [6.45, 7) is 8.96. The van der Waals surface area contributed by atoms with E-state index in [0.717, 1.165) is 19.1 Å². The number of hydrogen-bond donors (Lipinski definition) is 1. The summed E-state index contributed by atoms with van der Waals surface area (Å²) in [5.74, 6) is 0. The molecule has 3 atom stereocenters. The fraction of sp³-hybridized carbons (Fsp3) is 1.00. The maximum absolute atomic E-state index is 5.76. The van der Waals surface area contributed by atoms with Gasteiger partial charge in [-0.15, -0.1) is 0 Å². The van der Waals surface area contributed by atoms with Gasteiger partial charge in [0.25, 0.3) is 0 Å². The summed E-state index contributed by atoms with van der Waals surface area (Å²) < 4.78 is 5.76. The molecule has 3 heteroatoms. The average Bonchev–Trinajstić information content (AvgIpc) is 2.64. The van der Waals surface area contributed by atoms with Crippen molar-refractivity contribution in [3.63, 3.8) is 0 Å². The van der Waals surface area contributed by atoms with E-state index in [2.05, 4.69) is 31.0 Å². The topological polar surface area (TPSA) is 24.5 Å². The van der Waals surface area contributed by atoms with Crippen LogP contribution in [0.25, 0.3) is 0 Å².